The molecule has 1 aromatic rings. The second-order valence-corrected chi connectivity index (χ2v) is 6.07. The molecule has 118 valence electrons. The molecule has 22 heavy (non-hydrogen) atoms. The Hall–Kier alpha value is -1.95. The monoisotopic (exact) mass is 306 g/mol. The van der Waals surface area contributed by atoms with Crippen molar-refractivity contribution in [3.63, 3.8) is 0 Å². The van der Waals surface area contributed by atoms with Crippen LogP contribution in [0.15, 0.2) is 24.3 Å². The van der Waals surface area contributed by atoms with Crippen LogP contribution < -0.4 is 0 Å². The predicted octanol–water partition coefficient (Wildman–Crippen LogP) is 0.938. The molecule has 1 aromatic carbocycles. The summed E-state index contributed by atoms with van der Waals surface area (Å²) < 4.78 is 13.0. The van der Waals surface area contributed by atoms with Crippen molar-refractivity contribution >= 4 is 11.8 Å². The Bertz CT molecular complexity index is 584. The van der Waals surface area contributed by atoms with E-state index in [2.05, 4.69) is 0 Å². The zero-order valence-corrected chi connectivity index (χ0v) is 12.4. The van der Waals surface area contributed by atoms with Crippen LogP contribution in [-0.4, -0.2) is 52.5 Å². The van der Waals surface area contributed by atoms with E-state index < -0.39 is 6.10 Å². The molecular weight excluding hydrogens is 287 g/mol. The Balaban J connectivity index is 1.72. The highest BCUT2D eigenvalue weighted by atomic mass is 19.1. The van der Waals surface area contributed by atoms with Crippen LogP contribution in [0.2, 0.25) is 0 Å². The zero-order valence-electron chi connectivity index (χ0n) is 12.4. The molecule has 0 saturated carbocycles. The van der Waals surface area contributed by atoms with Crippen LogP contribution in [0.1, 0.15) is 24.9 Å². The molecule has 0 radical (unpaired) electrons. The van der Waals surface area contributed by atoms with Gasteiger partial charge in [0.05, 0.1) is 18.1 Å². The summed E-state index contributed by atoms with van der Waals surface area (Å²) in [6.45, 7) is 2.66. The van der Waals surface area contributed by atoms with Crippen LogP contribution in [0.3, 0.4) is 0 Å². The first-order valence-corrected chi connectivity index (χ1v) is 7.45. The maximum absolute atomic E-state index is 13.0. The van der Waals surface area contributed by atoms with Crippen molar-refractivity contribution in [1.82, 2.24) is 9.80 Å². The normalized spacial score (nSPS) is 25.2. The lowest BCUT2D eigenvalue weighted by atomic mass is 9.96. The summed E-state index contributed by atoms with van der Waals surface area (Å²) >= 11 is 0. The predicted molar refractivity (Wildman–Crippen MR) is 77.2 cm³/mol. The quantitative estimate of drug-likeness (QED) is 0.884. The fourth-order valence-corrected chi connectivity index (χ4v) is 3.18. The van der Waals surface area contributed by atoms with Gasteiger partial charge in [0.1, 0.15) is 5.82 Å². The molecular formula is C16H19FN2O3. The van der Waals surface area contributed by atoms with Gasteiger partial charge in [0, 0.05) is 26.6 Å². The highest BCUT2D eigenvalue weighted by molar-refractivity contribution is 5.84. The van der Waals surface area contributed by atoms with E-state index in [9.17, 15) is 19.1 Å². The Labute approximate surface area is 128 Å². The summed E-state index contributed by atoms with van der Waals surface area (Å²) in [4.78, 5) is 27.1. The number of rotatable bonds is 2. The Kier molecular flexibility index (Phi) is 3.87. The lowest BCUT2D eigenvalue weighted by Gasteiger charge is -2.40. The van der Waals surface area contributed by atoms with E-state index in [-0.39, 0.29) is 36.1 Å². The highest BCUT2D eigenvalue weighted by Gasteiger charge is 2.42. The first-order valence-electron chi connectivity index (χ1n) is 7.45. The number of benzene rings is 1. The van der Waals surface area contributed by atoms with Gasteiger partial charge in [0.2, 0.25) is 11.8 Å². The van der Waals surface area contributed by atoms with Crippen LogP contribution in [0.4, 0.5) is 4.39 Å². The van der Waals surface area contributed by atoms with E-state index in [0.29, 0.717) is 19.5 Å². The summed E-state index contributed by atoms with van der Waals surface area (Å²) in [7, 11) is 0. The molecule has 2 atom stereocenters. The Morgan fingerprint density at radius 1 is 1.18 bits per heavy atom. The molecule has 2 fully saturated rings. The van der Waals surface area contributed by atoms with Crippen molar-refractivity contribution in [2.24, 2.45) is 5.92 Å². The molecule has 0 bridgehead atoms. The number of hydrogen-bond acceptors (Lipinski definition) is 3. The molecule has 5 nitrogen and oxygen atoms in total. The fourth-order valence-electron chi connectivity index (χ4n) is 3.18. The largest absolute Gasteiger partial charge is 0.391 e. The smallest absolute Gasteiger partial charge is 0.229 e. The zero-order chi connectivity index (χ0) is 15.9. The fraction of sp³-hybridized carbons (Fsp3) is 0.500. The molecule has 3 rings (SSSR count). The van der Waals surface area contributed by atoms with Crippen molar-refractivity contribution in [2.75, 3.05) is 19.6 Å². The number of carbonyl (C=O) groups is 2. The van der Waals surface area contributed by atoms with Gasteiger partial charge >= 0.3 is 0 Å². The topological polar surface area (TPSA) is 60.9 Å². The second kappa shape index (κ2) is 5.68. The Morgan fingerprint density at radius 2 is 1.82 bits per heavy atom. The average Bonchev–Trinajstić information content (AvgIpc) is 2.79. The third-order valence-corrected chi connectivity index (χ3v) is 4.49. The van der Waals surface area contributed by atoms with E-state index in [1.807, 2.05) is 0 Å². The van der Waals surface area contributed by atoms with E-state index in [1.165, 1.54) is 19.1 Å². The van der Waals surface area contributed by atoms with Gasteiger partial charge in [-0.25, -0.2) is 4.39 Å². The minimum absolute atomic E-state index is 0.0272. The average molecular weight is 306 g/mol. The number of aliphatic hydroxyl groups excluding tert-OH is 1. The van der Waals surface area contributed by atoms with Gasteiger partial charge in [0.25, 0.3) is 0 Å². The molecule has 2 heterocycles. The van der Waals surface area contributed by atoms with Gasteiger partial charge in [-0.15, -0.1) is 0 Å². The van der Waals surface area contributed by atoms with E-state index in [1.54, 1.807) is 21.9 Å². The van der Waals surface area contributed by atoms with Crippen molar-refractivity contribution in [3.05, 3.63) is 35.6 Å². The lowest BCUT2D eigenvalue weighted by Crippen LogP contribution is -2.55. The maximum Gasteiger partial charge on any atom is 0.229 e. The summed E-state index contributed by atoms with van der Waals surface area (Å²) in [6.07, 6.45) is -0.108. The number of nitrogens with zero attached hydrogens (tertiary/aromatic N) is 2. The third kappa shape index (κ3) is 2.70. The number of carbonyl (C=O) groups excluding carboxylic acids is 2. The summed E-state index contributed by atoms with van der Waals surface area (Å²) in [5.74, 6) is -0.586. The molecule has 6 heteroatoms. The number of aliphatic hydroxyl groups is 1. The summed E-state index contributed by atoms with van der Waals surface area (Å²) in [5, 5.41) is 9.92. The van der Waals surface area contributed by atoms with Gasteiger partial charge in [0.15, 0.2) is 0 Å². The van der Waals surface area contributed by atoms with Crippen LogP contribution in [-0.2, 0) is 9.59 Å². The van der Waals surface area contributed by atoms with Crippen molar-refractivity contribution in [1.29, 1.82) is 0 Å². The molecule has 2 amide bonds. The van der Waals surface area contributed by atoms with Gasteiger partial charge in [-0.1, -0.05) is 12.1 Å². The van der Waals surface area contributed by atoms with Crippen molar-refractivity contribution in [3.8, 4) is 0 Å². The molecule has 0 aromatic heterocycles. The first-order chi connectivity index (χ1) is 10.5. The molecule has 0 unspecified atom stereocenters. The maximum atomic E-state index is 13.0. The number of amides is 2. The van der Waals surface area contributed by atoms with Crippen LogP contribution >= 0.6 is 0 Å². The second-order valence-electron chi connectivity index (χ2n) is 6.07. The first kappa shape index (κ1) is 15.0. The van der Waals surface area contributed by atoms with Crippen LogP contribution in [0.5, 0.6) is 0 Å². The standard InChI is InChI=1S/C16H19FN2O3/c1-10(20)18-7-12(8-18)16(22)19-9-14(21)6-15(19)11-2-4-13(17)5-3-11/h2-5,12,14-15,21H,6-9H2,1H3/t14-,15+/m0/s1. The molecule has 2 aliphatic rings. The number of likely N-dealkylation sites (tertiary alicyclic amines) is 2. The van der Waals surface area contributed by atoms with Gasteiger partial charge in [-0.2, -0.15) is 0 Å². The molecule has 1 N–H and O–H groups in total. The van der Waals surface area contributed by atoms with Gasteiger partial charge in [-0.05, 0) is 24.1 Å². The SMILES string of the molecule is CC(=O)N1CC(C(=O)N2C[C@@H](O)C[C@@H]2c2ccc(F)cc2)C1. The van der Waals surface area contributed by atoms with E-state index in [0.717, 1.165) is 5.56 Å². The molecule has 2 aliphatic heterocycles. The minimum Gasteiger partial charge on any atom is -0.391 e. The Morgan fingerprint density at radius 3 is 2.41 bits per heavy atom. The van der Waals surface area contributed by atoms with Crippen LogP contribution in [0, 0.1) is 11.7 Å². The molecule has 0 spiro atoms. The molecule has 0 aliphatic carbocycles. The number of β-amino-alcohol motifs (C(OH)–C–C–N with tert-alkyl or cyclic N) is 1. The summed E-state index contributed by atoms with van der Waals surface area (Å²) in [6, 6.07) is 5.81. The van der Waals surface area contributed by atoms with Crippen molar-refractivity contribution in [2.45, 2.75) is 25.5 Å². The van der Waals surface area contributed by atoms with E-state index in [4.69, 9.17) is 0 Å². The van der Waals surface area contributed by atoms with Gasteiger partial charge < -0.3 is 14.9 Å². The third-order valence-electron chi connectivity index (χ3n) is 4.49. The van der Waals surface area contributed by atoms with E-state index >= 15 is 0 Å². The van der Waals surface area contributed by atoms with Gasteiger partial charge in [-0.3, -0.25) is 9.59 Å². The lowest BCUT2D eigenvalue weighted by molar-refractivity contribution is -0.148. The summed E-state index contributed by atoms with van der Waals surface area (Å²) in [5.41, 5.74) is 0.828. The number of halogens is 1. The molecule has 2 saturated heterocycles. The minimum atomic E-state index is -0.567. The highest BCUT2D eigenvalue weighted by Crippen LogP contribution is 2.34. The van der Waals surface area contributed by atoms with Crippen molar-refractivity contribution < 1.29 is 19.1 Å². The number of hydrogen-bond donors (Lipinski definition) is 1. The van der Waals surface area contributed by atoms with Crippen LogP contribution in [0.25, 0.3) is 0 Å².